The number of hydrogen-bond acceptors (Lipinski definition) is 6. The predicted molar refractivity (Wildman–Crippen MR) is 74.1 cm³/mol. The van der Waals surface area contributed by atoms with Gasteiger partial charge in [0.15, 0.2) is 6.17 Å². The van der Waals surface area contributed by atoms with Crippen LogP contribution in [-0.2, 0) is 30.3 Å². The van der Waals surface area contributed by atoms with Gasteiger partial charge in [-0.2, -0.15) is 21.6 Å². The molecule has 13 heteroatoms. The van der Waals surface area contributed by atoms with E-state index in [1.807, 2.05) is 0 Å². The molecule has 1 fully saturated rings. The number of quaternary nitrogens is 1. The molecule has 1 aliphatic rings. The highest BCUT2D eigenvalue weighted by molar-refractivity contribution is 7.88. The highest BCUT2D eigenvalue weighted by atomic mass is 32.2. The average molecular weight is 367 g/mol. The zero-order valence-corrected chi connectivity index (χ0v) is 13.8. The first kappa shape index (κ1) is 18.7. The molecule has 1 unspecified atom stereocenters. The van der Waals surface area contributed by atoms with Crippen LogP contribution in [0.3, 0.4) is 0 Å². The van der Waals surface area contributed by atoms with Crippen molar-refractivity contribution in [2.45, 2.75) is 12.6 Å². The highest BCUT2D eigenvalue weighted by Gasteiger charge is 2.48. The summed E-state index contributed by atoms with van der Waals surface area (Å²) in [5.41, 5.74) is 0. The Morgan fingerprint density at radius 2 is 1.43 bits per heavy atom. The summed E-state index contributed by atoms with van der Waals surface area (Å²) in [6.07, 6.45) is 0.666. The molecule has 0 aromatic carbocycles. The molecule has 1 rings (SSSR count). The Labute approximate surface area is 124 Å². The number of rotatable bonds is 8. The van der Waals surface area contributed by atoms with Crippen LogP contribution in [0.1, 0.15) is 6.42 Å². The number of nitrogens with zero attached hydrogens (tertiary/aromatic N) is 1. The second kappa shape index (κ2) is 6.06. The van der Waals surface area contributed by atoms with Gasteiger partial charge in [0, 0.05) is 0 Å². The predicted octanol–water partition coefficient (Wildman–Crippen LogP) is -2.14. The van der Waals surface area contributed by atoms with Gasteiger partial charge in [0.05, 0.1) is 32.3 Å². The maximum Gasteiger partial charge on any atom is 0.270 e. The summed E-state index contributed by atoms with van der Waals surface area (Å²) in [4.78, 5) is 0. The van der Waals surface area contributed by atoms with Crippen LogP contribution in [0.25, 0.3) is 0 Å². The van der Waals surface area contributed by atoms with E-state index in [1.165, 1.54) is 0 Å². The number of sulfonamides is 1. The molecule has 0 saturated carbocycles. The summed E-state index contributed by atoms with van der Waals surface area (Å²) < 4.78 is 85.7. The van der Waals surface area contributed by atoms with Gasteiger partial charge in [0.25, 0.3) is 20.2 Å². The molecule has 0 aliphatic carbocycles. The van der Waals surface area contributed by atoms with Crippen molar-refractivity contribution in [1.82, 2.24) is 4.72 Å². The Balaban J connectivity index is 2.89. The van der Waals surface area contributed by atoms with Crippen LogP contribution in [0.5, 0.6) is 0 Å². The summed E-state index contributed by atoms with van der Waals surface area (Å²) in [7, 11) is -12.1. The lowest BCUT2D eigenvalue weighted by Gasteiger charge is -2.51. The molecular weight excluding hydrogens is 348 g/mol. The number of hydrogen-bond donors (Lipinski definition) is 3. The molecule has 10 nitrogen and oxygen atoms in total. The molecule has 1 saturated heterocycles. The van der Waals surface area contributed by atoms with Crippen LogP contribution in [0.4, 0.5) is 0 Å². The third kappa shape index (κ3) is 6.54. The van der Waals surface area contributed by atoms with Gasteiger partial charge in [0.1, 0.15) is 11.5 Å². The van der Waals surface area contributed by atoms with Crippen molar-refractivity contribution in [1.29, 1.82) is 0 Å². The van der Waals surface area contributed by atoms with Gasteiger partial charge in [-0.1, -0.05) is 0 Å². The molecule has 3 N–H and O–H groups in total. The van der Waals surface area contributed by atoms with E-state index in [1.54, 1.807) is 0 Å². The van der Waals surface area contributed by atoms with Crippen molar-refractivity contribution in [3.63, 3.8) is 0 Å². The highest BCUT2D eigenvalue weighted by Crippen LogP contribution is 2.27. The molecular formula is C8H19N2O8S3+. The summed E-state index contributed by atoms with van der Waals surface area (Å²) >= 11 is 0. The largest absolute Gasteiger partial charge is 0.306 e. The molecule has 0 aromatic rings. The Bertz CT molecular complexity index is 645. The first-order chi connectivity index (χ1) is 9.23. The lowest BCUT2D eigenvalue weighted by molar-refractivity contribution is -0.987. The minimum Gasteiger partial charge on any atom is -0.306 e. The van der Waals surface area contributed by atoms with E-state index < -0.39 is 47.9 Å². The third-order valence-corrected chi connectivity index (χ3v) is 5.55. The lowest BCUT2D eigenvalue weighted by atomic mass is 10.1. The Kier molecular flexibility index (Phi) is 5.41. The molecule has 0 amide bonds. The summed E-state index contributed by atoms with van der Waals surface area (Å²) in [5.74, 6) is -1.25. The molecule has 0 spiro atoms. The van der Waals surface area contributed by atoms with Crippen molar-refractivity contribution in [2.75, 3.05) is 37.4 Å². The lowest BCUT2D eigenvalue weighted by Crippen LogP contribution is -2.72. The quantitative estimate of drug-likeness (QED) is 0.324. The topological polar surface area (TPSA) is 155 Å². The van der Waals surface area contributed by atoms with Crippen LogP contribution in [0.2, 0.25) is 0 Å². The number of nitrogens with one attached hydrogen (secondary N) is 1. The number of likely N-dealkylation sites (tertiary alicyclic amines) is 1. The first-order valence-electron chi connectivity index (χ1n) is 5.96. The van der Waals surface area contributed by atoms with Gasteiger partial charge in [-0.3, -0.25) is 9.11 Å². The monoisotopic (exact) mass is 367 g/mol. The minimum atomic E-state index is -4.26. The van der Waals surface area contributed by atoms with E-state index in [-0.39, 0.29) is 17.6 Å². The zero-order valence-electron chi connectivity index (χ0n) is 11.3. The van der Waals surface area contributed by atoms with E-state index in [0.29, 0.717) is 13.0 Å². The molecule has 0 radical (unpaired) electrons. The molecule has 126 valence electrons. The van der Waals surface area contributed by atoms with Crippen molar-refractivity contribution in [3.8, 4) is 0 Å². The van der Waals surface area contributed by atoms with Crippen molar-refractivity contribution < 1.29 is 38.8 Å². The van der Waals surface area contributed by atoms with E-state index in [4.69, 9.17) is 9.11 Å². The molecule has 1 aliphatic heterocycles. The summed E-state index contributed by atoms with van der Waals surface area (Å²) in [5, 5.41) is 0. The maximum atomic E-state index is 11.3. The second-order valence-corrected chi connectivity index (χ2v) is 10.1. The van der Waals surface area contributed by atoms with Crippen LogP contribution in [0, 0.1) is 0 Å². The minimum absolute atomic E-state index is 0.151. The summed E-state index contributed by atoms with van der Waals surface area (Å²) in [6.45, 7) is 0.0430. The van der Waals surface area contributed by atoms with E-state index in [0.717, 1.165) is 6.26 Å². The van der Waals surface area contributed by atoms with Crippen LogP contribution < -0.4 is 4.72 Å². The molecule has 0 bridgehead atoms. The Morgan fingerprint density at radius 1 is 1.00 bits per heavy atom. The van der Waals surface area contributed by atoms with E-state index in [2.05, 4.69) is 4.72 Å². The van der Waals surface area contributed by atoms with Crippen LogP contribution >= 0.6 is 0 Å². The first-order valence-corrected chi connectivity index (χ1v) is 11.1. The molecule has 1 heterocycles. The molecule has 0 aromatic heterocycles. The van der Waals surface area contributed by atoms with Crippen LogP contribution in [0.15, 0.2) is 0 Å². The van der Waals surface area contributed by atoms with Gasteiger partial charge < -0.3 is 4.48 Å². The van der Waals surface area contributed by atoms with Gasteiger partial charge in [-0.15, -0.1) is 0 Å². The second-order valence-electron chi connectivity index (χ2n) is 5.16. The fourth-order valence-electron chi connectivity index (χ4n) is 2.28. The Hall–Kier alpha value is -0.310. The van der Waals surface area contributed by atoms with Gasteiger partial charge in [0.2, 0.25) is 10.0 Å². The zero-order chi connectivity index (χ0) is 16.5. The van der Waals surface area contributed by atoms with Crippen molar-refractivity contribution >= 4 is 30.3 Å². The van der Waals surface area contributed by atoms with Crippen molar-refractivity contribution in [2.24, 2.45) is 0 Å². The maximum absolute atomic E-state index is 11.3. The smallest absolute Gasteiger partial charge is 0.270 e. The van der Waals surface area contributed by atoms with Crippen molar-refractivity contribution in [3.05, 3.63) is 0 Å². The summed E-state index contributed by atoms with van der Waals surface area (Å²) in [6, 6.07) is 0. The SMILES string of the molecule is CS(=O)(=O)NC1CC[N+]1(CCS(=O)(=O)O)CCS(=O)(=O)O. The standard InChI is InChI=1S/C8H18N2O8S3/c1-19(11,12)9-8-2-3-10(8,4-6-20(13,14)15)5-7-21(16,17)18/h8-9H,2-7H2,1H3,(H-,13,14,15,16,17,18)/p+1. The fourth-order valence-corrected chi connectivity index (χ4v) is 4.31. The van der Waals surface area contributed by atoms with Crippen LogP contribution in [-0.4, -0.2) is 82.4 Å². The van der Waals surface area contributed by atoms with E-state index >= 15 is 0 Å². The van der Waals surface area contributed by atoms with Gasteiger partial charge in [-0.25, -0.2) is 8.42 Å². The Morgan fingerprint density at radius 3 is 1.67 bits per heavy atom. The normalized spacial score (nSPS) is 22.7. The van der Waals surface area contributed by atoms with Gasteiger partial charge in [-0.05, 0) is 0 Å². The third-order valence-electron chi connectivity index (χ3n) is 3.45. The average Bonchev–Trinajstić information content (AvgIpc) is 2.21. The van der Waals surface area contributed by atoms with Gasteiger partial charge >= 0.3 is 0 Å². The molecule has 21 heavy (non-hydrogen) atoms. The fraction of sp³-hybridized carbons (Fsp3) is 1.00. The van der Waals surface area contributed by atoms with E-state index in [9.17, 15) is 25.3 Å². The molecule has 1 atom stereocenters.